The number of hydrogen-bond acceptors (Lipinski definition) is 4. The van der Waals surface area contributed by atoms with Gasteiger partial charge in [-0.1, -0.05) is 26.0 Å². The van der Waals surface area contributed by atoms with Crippen molar-refractivity contribution in [2.45, 2.75) is 39.7 Å². The van der Waals surface area contributed by atoms with Crippen molar-refractivity contribution in [2.24, 2.45) is 5.92 Å². The van der Waals surface area contributed by atoms with Gasteiger partial charge in [0.2, 0.25) is 0 Å². The van der Waals surface area contributed by atoms with Crippen LogP contribution in [0.25, 0.3) is 23.0 Å². The summed E-state index contributed by atoms with van der Waals surface area (Å²) in [6.45, 7) is 6.95. The van der Waals surface area contributed by atoms with Crippen LogP contribution in [0.15, 0.2) is 36.7 Å². The summed E-state index contributed by atoms with van der Waals surface area (Å²) in [6.07, 6.45) is 9.34. The third-order valence-corrected chi connectivity index (χ3v) is 4.95. The third-order valence-electron chi connectivity index (χ3n) is 4.95. The zero-order valence-electron chi connectivity index (χ0n) is 17.4. The second-order valence-corrected chi connectivity index (χ2v) is 8.07. The van der Waals surface area contributed by atoms with Crippen LogP contribution < -0.4 is 10.6 Å². The van der Waals surface area contributed by atoms with E-state index in [1.807, 2.05) is 29.7 Å². The number of carbonyl (C=O) groups excluding carboxylic acids is 1. The smallest absolute Gasteiger partial charge is 0.254 e. The quantitative estimate of drug-likeness (QED) is 0.604. The normalized spacial score (nSPS) is 14.0. The van der Waals surface area contributed by atoms with Crippen LogP contribution in [-0.2, 0) is 0 Å². The van der Waals surface area contributed by atoms with E-state index in [1.165, 1.54) is 12.1 Å². The average molecular weight is 407 g/mol. The predicted molar refractivity (Wildman–Crippen MR) is 117 cm³/mol. The number of rotatable bonds is 7. The molecule has 0 unspecified atom stereocenters. The summed E-state index contributed by atoms with van der Waals surface area (Å²) in [5, 5.41) is 6.18. The van der Waals surface area contributed by atoms with Gasteiger partial charge >= 0.3 is 0 Å². The van der Waals surface area contributed by atoms with Crippen molar-refractivity contribution < 1.29 is 9.18 Å². The number of carbonyl (C=O) groups is 1. The largest absolute Gasteiger partial charge is 0.367 e. The molecule has 0 atom stereocenters. The lowest BCUT2D eigenvalue weighted by molar-refractivity contribution is 0.0947. The van der Waals surface area contributed by atoms with Crippen LogP contribution in [0.1, 0.15) is 49.7 Å². The van der Waals surface area contributed by atoms with Gasteiger partial charge < -0.3 is 10.6 Å². The van der Waals surface area contributed by atoms with Gasteiger partial charge in [-0.25, -0.2) is 14.4 Å². The van der Waals surface area contributed by atoms with Crippen molar-refractivity contribution in [3.8, 4) is 11.3 Å². The molecule has 3 aromatic rings. The Balaban J connectivity index is 1.73. The molecule has 0 aliphatic heterocycles. The molecule has 1 saturated carbocycles. The summed E-state index contributed by atoms with van der Waals surface area (Å²) < 4.78 is 16.6. The molecule has 1 fully saturated rings. The Morgan fingerprint density at radius 2 is 2.17 bits per heavy atom. The van der Waals surface area contributed by atoms with Gasteiger partial charge in [-0.2, -0.15) is 0 Å². The van der Waals surface area contributed by atoms with Gasteiger partial charge in [0.1, 0.15) is 5.82 Å². The minimum absolute atomic E-state index is 0.0648. The van der Waals surface area contributed by atoms with E-state index in [0.29, 0.717) is 22.9 Å². The molecule has 0 bridgehead atoms. The Morgan fingerprint density at radius 3 is 2.83 bits per heavy atom. The number of benzene rings is 1. The van der Waals surface area contributed by atoms with Crippen molar-refractivity contribution in [3.05, 3.63) is 53.7 Å². The van der Waals surface area contributed by atoms with E-state index < -0.39 is 5.82 Å². The predicted octanol–water partition coefficient (Wildman–Crippen LogP) is 4.53. The lowest BCUT2D eigenvalue weighted by atomic mass is 10.1. The number of aromatic nitrogens is 3. The number of nitrogens with zero attached hydrogens (tertiary/aromatic N) is 3. The number of hydrogen-bond donors (Lipinski definition) is 2. The molecule has 0 spiro atoms. The van der Waals surface area contributed by atoms with Crippen LogP contribution in [0, 0.1) is 11.7 Å². The van der Waals surface area contributed by atoms with E-state index in [4.69, 9.17) is 0 Å². The van der Waals surface area contributed by atoms with Crippen LogP contribution in [0.3, 0.4) is 0 Å². The fraction of sp³-hybridized carbons (Fsp3) is 0.348. The van der Waals surface area contributed by atoms with Crippen molar-refractivity contribution in [2.75, 3.05) is 11.9 Å². The first-order valence-corrected chi connectivity index (χ1v) is 10.3. The number of imidazole rings is 1. The fourth-order valence-electron chi connectivity index (χ4n) is 3.24. The first-order valence-electron chi connectivity index (χ1n) is 10.3. The van der Waals surface area contributed by atoms with Crippen molar-refractivity contribution in [1.82, 2.24) is 19.7 Å². The lowest BCUT2D eigenvalue weighted by Gasteiger charge is -2.11. The highest BCUT2D eigenvalue weighted by atomic mass is 19.1. The van der Waals surface area contributed by atoms with Crippen LogP contribution in [-0.4, -0.2) is 32.9 Å². The molecule has 2 heterocycles. The summed E-state index contributed by atoms with van der Waals surface area (Å²) in [6, 6.07) is 4.87. The summed E-state index contributed by atoms with van der Waals surface area (Å²) in [5.41, 5.74) is 2.90. The molecule has 30 heavy (non-hydrogen) atoms. The zero-order valence-corrected chi connectivity index (χ0v) is 17.4. The van der Waals surface area contributed by atoms with E-state index in [-0.39, 0.29) is 17.5 Å². The van der Waals surface area contributed by atoms with Gasteiger partial charge in [0.15, 0.2) is 11.5 Å². The van der Waals surface area contributed by atoms with Gasteiger partial charge in [-0.3, -0.25) is 9.20 Å². The van der Waals surface area contributed by atoms with E-state index >= 15 is 0 Å². The minimum Gasteiger partial charge on any atom is -0.367 e. The molecular weight excluding hydrogens is 381 g/mol. The first kappa shape index (κ1) is 20.1. The Kier molecular flexibility index (Phi) is 5.53. The molecule has 1 aliphatic rings. The monoisotopic (exact) mass is 407 g/mol. The summed E-state index contributed by atoms with van der Waals surface area (Å²) in [7, 11) is 0. The standard InChI is InChI=1S/C23H26FN5O/c1-4-5-17-13-29-20(12-26-22(29)21(27-17)25-11-14(2)3)15-6-9-18(19(24)10-15)23(30)28-16-7-8-16/h4-6,9-10,12-14,16H,7-8,11H2,1-3H3,(H,25,27)(H,28,30)/b5-4+. The van der Waals surface area contributed by atoms with Gasteiger partial charge in [0, 0.05) is 24.3 Å². The Labute approximate surface area is 175 Å². The molecule has 2 aromatic heterocycles. The Bertz CT molecular complexity index is 1110. The highest BCUT2D eigenvalue weighted by molar-refractivity contribution is 5.95. The molecular formula is C23H26FN5O. The van der Waals surface area contributed by atoms with E-state index in [0.717, 1.165) is 30.8 Å². The average Bonchev–Trinajstić information content (AvgIpc) is 3.41. The second-order valence-electron chi connectivity index (χ2n) is 8.07. The summed E-state index contributed by atoms with van der Waals surface area (Å²) in [5.74, 6) is 0.238. The third kappa shape index (κ3) is 4.20. The molecule has 7 heteroatoms. The number of allylic oxidation sites excluding steroid dienone is 1. The number of halogens is 1. The maximum absolute atomic E-state index is 14.7. The molecule has 1 amide bonds. The molecule has 1 aromatic carbocycles. The lowest BCUT2D eigenvalue weighted by Crippen LogP contribution is -2.26. The number of nitrogens with one attached hydrogen (secondary N) is 2. The van der Waals surface area contributed by atoms with E-state index in [9.17, 15) is 9.18 Å². The first-order chi connectivity index (χ1) is 14.5. The molecule has 4 rings (SSSR count). The van der Waals surface area contributed by atoms with Crippen molar-refractivity contribution in [1.29, 1.82) is 0 Å². The maximum atomic E-state index is 14.7. The molecule has 0 radical (unpaired) electrons. The van der Waals surface area contributed by atoms with Gasteiger partial charge in [-0.05, 0) is 43.9 Å². The van der Waals surface area contributed by atoms with E-state index in [2.05, 4.69) is 34.4 Å². The number of amides is 1. The zero-order chi connectivity index (χ0) is 21.3. The number of fused-ring (bicyclic) bond motifs is 1. The molecule has 6 nitrogen and oxygen atoms in total. The Hall–Kier alpha value is -3.22. The minimum atomic E-state index is -0.540. The topological polar surface area (TPSA) is 71.3 Å². The van der Waals surface area contributed by atoms with Crippen molar-refractivity contribution in [3.63, 3.8) is 0 Å². The fourth-order valence-corrected chi connectivity index (χ4v) is 3.24. The molecule has 1 aliphatic carbocycles. The molecule has 156 valence electrons. The molecule has 2 N–H and O–H groups in total. The van der Waals surface area contributed by atoms with Crippen LogP contribution >= 0.6 is 0 Å². The van der Waals surface area contributed by atoms with Crippen LogP contribution in [0.5, 0.6) is 0 Å². The van der Waals surface area contributed by atoms with Gasteiger partial charge in [-0.15, -0.1) is 0 Å². The van der Waals surface area contributed by atoms with Gasteiger partial charge in [0.25, 0.3) is 5.91 Å². The SMILES string of the molecule is C/C=C/c1cn2c(-c3ccc(C(=O)NC4CC4)c(F)c3)cnc2c(NCC(C)C)n1. The Morgan fingerprint density at radius 1 is 1.37 bits per heavy atom. The summed E-state index contributed by atoms with van der Waals surface area (Å²) in [4.78, 5) is 21.4. The molecule has 0 saturated heterocycles. The summed E-state index contributed by atoms with van der Waals surface area (Å²) >= 11 is 0. The highest BCUT2D eigenvalue weighted by Crippen LogP contribution is 2.27. The van der Waals surface area contributed by atoms with Crippen LogP contribution in [0.2, 0.25) is 0 Å². The van der Waals surface area contributed by atoms with Gasteiger partial charge in [0.05, 0.1) is 23.1 Å². The van der Waals surface area contributed by atoms with Crippen LogP contribution in [0.4, 0.5) is 10.2 Å². The van der Waals surface area contributed by atoms with E-state index in [1.54, 1.807) is 12.3 Å². The maximum Gasteiger partial charge on any atom is 0.254 e. The second kappa shape index (κ2) is 8.26. The van der Waals surface area contributed by atoms with Crippen molar-refractivity contribution >= 4 is 23.4 Å². The highest BCUT2D eigenvalue weighted by Gasteiger charge is 2.25. The number of anilines is 1.